The van der Waals surface area contributed by atoms with Gasteiger partial charge in [0.2, 0.25) is 5.91 Å². The standard InChI is InChI=1S/C31H39N3O3S/c1-33(23-13-7-3-8-14-23)29(35)20-19-28(22-11-5-2-6-12-22)34-30(36)26-21-25(17-18-27(26)32-31(34)38)37-24-15-9-4-10-16-24/h4,9-10,15-18,21-23,28H,2-3,5-8,11-14,19-20H2,1H3,(H,32,38)/t28-/m0/s1. The van der Waals surface area contributed by atoms with Crippen molar-refractivity contribution in [3.63, 3.8) is 0 Å². The second kappa shape index (κ2) is 12.3. The molecule has 1 atom stereocenters. The lowest BCUT2D eigenvalue weighted by Crippen LogP contribution is -2.39. The molecule has 1 aromatic heterocycles. The maximum Gasteiger partial charge on any atom is 0.262 e. The molecular formula is C31H39N3O3S. The lowest BCUT2D eigenvalue weighted by molar-refractivity contribution is -0.132. The first-order valence-corrected chi connectivity index (χ1v) is 14.7. The zero-order valence-electron chi connectivity index (χ0n) is 22.4. The van der Waals surface area contributed by atoms with Crippen molar-refractivity contribution < 1.29 is 9.53 Å². The first-order chi connectivity index (χ1) is 18.5. The van der Waals surface area contributed by atoms with Crippen molar-refractivity contribution >= 4 is 29.0 Å². The molecule has 38 heavy (non-hydrogen) atoms. The normalized spacial score (nSPS) is 17.8. The van der Waals surface area contributed by atoms with Gasteiger partial charge in [-0.05, 0) is 80.6 Å². The number of carbonyl (C=O) groups is 1. The summed E-state index contributed by atoms with van der Waals surface area (Å²) in [7, 11) is 1.96. The molecule has 1 heterocycles. The highest BCUT2D eigenvalue weighted by molar-refractivity contribution is 7.71. The molecule has 2 fully saturated rings. The van der Waals surface area contributed by atoms with Gasteiger partial charge in [0.1, 0.15) is 11.5 Å². The molecule has 0 spiro atoms. The minimum absolute atomic E-state index is 0.0987. The Morgan fingerprint density at radius 3 is 2.39 bits per heavy atom. The molecule has 2 saturated carbocycles. The molecule has 1 N–H and O–H groups in total. The Labute approximate surface area is 230 Å². The number of hydrogen-bond donors (Lipinski definition) is 1. The first-order valence-electron chi connectivity index (χ1n) is 14.3. The number of para-hydroxylation sites is 1. The lowest BCUT2D eigenvalue weighted by Gasteiger charge is -2.34. The molecule has 5 rings (SSSR count). The number of fused-ring (bicyclic) bond motifs is 1. The van der Waals surface area contributed by atoms with Crippen molar-refractivity contribution in [2.75, 3.05) is 7.05 Å². The van der Waals surface area contributed by atoms with Gasteiger partial charge in [-0.15, -0.1) is 0 Å². The van der Waals surface area contributed by atoms with E-state index in [1.807, 2.05) is 54.4 Å². The summed E-state index contributed by atoms with van der Waals surface area (Å²) in [4.78, 5) is 32.5. The number of carbonyl (C=O) groups excluding carboxylic acids is 1. The number of nitrogens with zero attached hydrogens (tertiary/aromatic N) is 2. The van der Waals surface area contributed by atoms with Gasteiger partial charge in [-0.3, -0.25) is 14.2 Å². The molecule has 2 aromatic carbocycles. The molecular weight excluding hydrogens is 494 g/mol. The fourth-order valence-corrected chi connectivity index (χ4v) is 6.74. The van der Waals surface area contributed by atoms with Gasteiger partial charge in [0.15, 0.2) is 4.77 Å². The van der Waals surface area contributed by atoms with Gasteiger partial charge >= 0.3 is 0 Å². The zero-order valence-corrected chi connectivity index (χ0v) is 23.2. The molecule has 202 valence electrons. The largest absolute Gasteiger partial charge is 0.457 e. The Bertz CT molecular complexity index is 1350. The average molecular weight is 534 g/mol. The molecule has 2 aliphatic rings. The number of benzene rings is 2. The van der Waals surface area contributed by atoms with Crippen LogP contribution in [0, 0.1) is 10.7 Å². The number of H-pyrrole nitrogens is 1. The SMILES string of the molecule is CN(C(=O)CC[C@@H](C1CCCCC1)n1c(=S)[nH]c2ccc(Oc3ccccc3)cc2c1=O)C1CCCCC1. The van der Waals surface area contributed by atoms with E-state index in [1.165, 1.54) is 25.7 Å². The van der Waals surface area contributed by atoms with Gasteiger partial charge in [0.25, 0.3) is 5.56 Å². The van der Waals surface area contributed by atoms with E-state index < -0.39 is 0 Å². The van der Waals surface area contributed by atoms with Crippen molar-refractivity contribution in [3.05, 3.63) is 63.7 Å². The van der Waals surface area contributed by atoms with Crippen molar-refractivity contribution in [2.24, 2.45) is 5.92 Å². The fraction of sp³-hybridized carbons (Fsp3) is 0.516. The molecule has 0 unspecified atom stereocenters. The van der Waals surface area contributed by atoms with E-state index in [-0.39, 0.29) is 17.5 Å². The van der Waals surface area contributed by atoms with Crippen molar-refractivity contribution in [1.82, 2.24) is 14.5 Å². The summed E-state index contributed by atoms with van der Waals surface area (Å²) < 4.78 is 8.22. The van der Waals surface area contributed by atoms with Crippen molar-refractivity contribution in [2.45, 2.75) is 89.1 Å². The summed E-state index contributed by atoms with van der Waals surface area (Å²) in [5.41, 5.74) is 0.595. The van der Waals surface area contributed by atoms with E-state index in [9.17, 15) is 9.59 Å². The molecule has 0 bridgehead atoms. The molecule has 3 aromatic rings. The number of aromatic amines is 1. The second-order valence-electron chi connectivity index (χ2n) is 11.0. The van der Waals surface area contributed by atoms with Crippen LogP contribution < -0.4 is 10.3 Å². The summed E-state index contributed by atoms with van der Waals surface area (Å²) >= 11 is 5.77. The smallest absolute Gasteiger partial charge is 0.262 e. The highest BCUT2D eigenvalue weighted by Gasteiger charge is 2.29. The Kier molecular flexibility index (Phi) is 8.62. The van der Waals surface area contributed by atoms with Crippen molar-refractivity contribution in [3.8, 4) is 11.5 Å². The third kappa shape index (κ3) is 6.04. The van der Waals surface area contributed by atoms with E-state index in [0.717, 1.165) is 44.3 Å². The van der Waals surface area contributed by atoms with Gasteiger partial charge in [-0.2, -0.15) is 0 Å². The maximum atomic E-state index is 14.0. The fourth-order valence-electron chi connectivity index (χ4n) is 6.41. The summed E-state index contributed by atoms with van der Waals surface area (Å²) in [5.74, 6) is 1.85. The lowest BCUT2D eigenvalue weighted by atomic mass is 9.82. The van der Waals surface area contributed by atoms with Crippen LogP contribution in [0.3, 0.4) is 0 Å². The maximum absolute atomic E-state index is 14.0. The highest BCUT2D eigenvalue weighted by atomic mass is 32.1. The van der Waals surface area contributed by atoms with Crippen LogP contribution in [0.5, 0.6) is 11.5 Å². The number of rotatable bonds is 8. The number of aromatic nitrogens is 2. The zero-order chi connectivity index (χ0) is 26.5. The molecule has 0 saturated heterocycles. The molecule has 0 radical (unpaired) electrons. The number of ether oxygens (including phenoxy) is 1. The molecule has 6 nitrogen and oxygen atoms in total. The number of nitrogens with one attached hydrogen (secondary N) is 1. The topological polar surface area (TPSA) is 67.3 Å². The van der Waals surface area contributed by atoms with E-state index in [1.54, 1.807) is 10.6 Å². The van der Waals surface area contributed by atoms with Crippen LogP contribution in [0.1, 0.15) is 83.1 Å². The van der Waals surface area contributed by atoms with E-state index in [2.05, 4.69) is 4.98 Å². The van der Waals surface area contributed by atoms with Gasteiger partial charge in [-0.1, -0.05) is 56.7 Å². The predicted molar refractivity (Wildman–Crippen MR) is 154 cm³/mol. The highest BCUT2D eigenvalue weighted by Crippen LogP contribution is 2.36. The van der Waals surface area contributed by atoms with E-state index >= 15 is 0 Å². The quantitative estimate of drug-likeness (QED) is 0.304. The minimum atomic E-state index is -0.106. The predicted octanol–water partition coefficient (Wildman–Crippen LogP) is 7.54. The average Bonchev–Trinajstić information content (AvgIpc) is 2.96. The Morgan fingerprint density at radius 1 is 1.00 bits per heavy atom. The summed E-state index contributed by atoms with van der Waals surface area (Å²) in [6, 6.07) is 15.3. The van der Waals surface area contributed by atoms with E-state index in [0.29, 0.717) is 46.2 Å². The third-order valence-corrected chi connectivity index (χ3v) is 8.87. The van der Waals surface area contributed by atoms with Crippen LogP contribution in [0.25, 0.3) is 10.9 Å². The monoisotopic (exact) mass is 533 g/mol. The number of hydrogen-bond acceptors (Lipinski definition) is 4. The van der Waals surface area contributed by atoms with Gasteiger partial charge in [0.05, 0.1) is 10.9 Å². The molecule has 2 aliphatic carbocycles. The van der Waals surface area contributed by atoms with Crippen LogP contribution in [-0.4, -0.2) is 33.4 Å². The summed E-state index contributed by atoms with van der Waals surface area (Å²) in [5, 5.41) is 0.554. The Balaban J connectivity index is 1.44. The first kappa shape index (κ1) is 26.7. The Hall–Kier alpha value is -2.93. The third-order valence-electron chi connectivity index (χ3n) is 8.57. The van der Waals surface area contributed by atoms with Crippen molar-refractivity contribution in [1.29, 1.82) is 0 Å². The van der Waals surface area contributed by atoms with Gasteiger partial charge < -0.3 is 14.6 Å². The molecule has 1 amide bonds. The Morgan fingerprint density at radius 2 is 1.68 bits per heavy atom. The second-order valence-corrected chi connectivity index (χ2v) is 11.4. The summed E-state index contributed by atoms with van der Waals surface area (Å²) in [6.45, 7) is 0. The van der Waals surface area contributed by atoms with Crippen LogP contribution in [0.2, 0.25) is 0 Å². The van der Waals surface area contributed by atoms with Crippen LogP contribution in [0.4, 0.5) is 0 Å². The minimum Gasteiger partial charge on any atom is -0.457 e. The van der Waals surface area contributed by atoms with Crippen LogP contribution in [-0.2, 0) is 4.79 Å². The van der Waals surface area contributed by atoms with Crippen LogP contribution in [0.15, 0.2) is 53.3 Å². The van der Waals surface area contributed by atoms with Gasteiger partial charge in [-0.25, -0.2) is 0 Å². The molecule has 7 heteroatoms. The number of amides is 1. The van der Waals surface area contributed by atoms with E-state index in [4.69, 9.17) is 17.0 Å². The molecule has 0 aliphatic heterocycles. The summed E-state index contributed by atoms with van der Waals surface area (Å²) in [6.07, 6.45) is 12.6. The van der Waals surface area contributed by atoms with Gasteiger partial charge in [0, 0.05) is 25.6 Å². The van der Waals surface area contributed by atoms with Crippen LogP contribution >= 0.6 is 12.2 Å².